The Labute approximate surface area is 198 Å². The number of hydrogen-bond acceptors (Lipinski definition) is 5. The van der Waals surface area contributed by atoms with Crippen molar-refractivity contribution >= 4 is 73.8 Å². The maximum Gasteiger partial charge on any atom is 0.294 e. The summed E-state index contributed by atoms with van der Waals surface area (Å²) in [5, 5.41) is 2.52. The lowest BCUT2D eigenvalue weighted by Crippen LogP contribution is -2.36. The molecule has 0 atom stereocenters. The molecule has 2 aromatic carbocycles. The molecule has 0 radical (unpaired) electrons. The number of thioether (sulfide) groups is 1. The second kappa shape index (κ2) is 10.3. The fraction of sp³-hybridized carbons (Fsp3) is 0.227. The Kier molecular flexibility index (Phi) is 7.80. The van der Waals surface area contributed by atoms with Gasteiger partial charge in [0.25, 0.3) is 11.1 Å². The van der Waals surface area contributed by atoms with E-state index in [-0.39, 0.29) is 11.4 Å². The third kappa shape index (κ3) is 5.50. The van der Waals surface area contributed by atoms with E-state index in [0.29, 0.717) is 10.7 Å². The van der Waals surface area contributed by atoms with Crippen LogP contribution in [0.15, 0.2) is 51.8 Å². The minimum Gasteiger partial charge on any atom is -0.371 e. The van der Waals surface area contributed by atoms with Crippen LogP contribution in [0, 0.1) is 0 Å². The molecule has 1 fully saturated rings. The zero-order chi connectivity index (χ0) is 22.5. The average molecular weight is 523 g/mol. The Bertz CT molecular complexity index is 1060. The van der Waals surface area contributed by atoms with Crippen molar-refractivity contribution in [2.45, 2.75) is 13.8 Å². The molecule has 3 amide bonds. The first-order valence-electron chi connectivity index (χ1n) is 9.68. The molecule has 0 aromatic heterocycles. The van der Waals surface area contributed by atoms with Crippen LogP contribution in [0.2, 0.25) is 5.02 Å². The molecule has 6 nitrogen and oxygen atoms in total. The molecule has 162 valence electrons. The Morgan fingerprint density at radius 2 is 1.90 bits per heavy atom. The van der Waals surface area contributed by atoms with E-state index in [1.54, 1.807) is 30.3 Å². The van der Waals surface area contributed by atoms with Crippen LogP contribution in [0.3, 0.4) is 0 Å². The summed E-state index contributed by atoms with van der Waals surface area (Å²) in [7, 11) is 0. The van der Waals surface area contributed by atoms with Gasteiger partial charge in [0.1, 0.15) is 6.54 Å². The molecule has 9 heteroatoms. The molecule has 1 N–H and O–H groups in total. The van der Waals surface area contributed by atoms with E-state index < -0.39 is 17.1 Å². The lowest BCUT2D eigenvalue weighted by Gasteiger charge is -2.22. The van der Waals surface area contributed by atoms with Crippen LogP contribution < -0.4 is 10.2 Å². The van der Waals surface area contributed by atoms with Gasteiger partial charge in [-0.1, -0.05) is 29.8 Å². The number of halogens is 2. The number of amides is 3. The summed E-state index contributed by atoms with van der Waals surface area (Å²) < 4.78 is 0.906. The first-order chi connectivity index (χ1) is 14.8. The molecule has 3 rings (SSSR count). The molecule has 0 aliphatic carbocycles. The third-order valence-electron chi connectivity index (χ3n) is 4.70. The second-order valence-corrected chi connectivity index (χ2v) is 8.93. The number of carbonyl (C=O) groups excluding carboxylic acids is 3. The van der Waals surface area contributed by atoms with Gasteiger partial charge < -0.3 is 10.2 Å². The van der Waals surface area contributed by atoms with E-state index >= 15 is 0 Å². The highest BCUT2D eigenvalue weighted by atomic mass is 79.9. The van der Waals surface area contributed by atoms with E-state index in [1.807, 2.05) is 18.2 Å². The predicted molar refractivity (Wildman–Crippen MR) is 130 cm³/mol. The van der Waals surface area contributed by atoms with E-state index in [1.165, 1.54) is 0 Å². The van der Waals surface area contributed by atoms with E-state index in [2.05, 4.69) is 40.0 Å². The minimum atomic E-state index is -0.497. The van der Waals surface area contributed by atoms with Gasteiger partial charge in [0.05, 0.1) is 21.3 Å². The largest absolute Gasteiger partial charge is 0.371 e. The lowest BCUT2D eigenvalue weighted by atomic mass is 10.1. The average Bonchev–Trinajstić information content (AvgIpc) is 2.99. The van der Waals surface area contributed by atoms with Gasteiger partial charge in [0.15, 0.2) is 0 Å². The normalized spacial score (nSPS) is 15.0. The molecule has 0 spiro atoms. The maximum atomic E-state index is 12.7. The van der Waals surface area contributed by atoms with Crippen molar-refractivity contribution in [2.24, 2.45) is 0 Å². The van der Waals surface area contributed by atoms with Gasteiger partial charge in [0.2, 0.25) is 5.91 Å². The number of rotatable bonds is 7. The summed E-state index contributed by atoms with van der Waals surface area (Å²) in [6, 6.07) is 12.5. The number of imide groups is 1. The SMILES string of the molecule is CCN(CC)c1ccc(/C=C2/SC(=O)N(CC(=O)Nc3ccccc3Cl)C2=O)cc1Br. The van der Waals surface area contributed by atoms with Gasteiger partial charge in [-0.05, 0) is 77.4 Å². The van der Waals surface area contributed by atoms with Gasteiger partial charge in [-0.2, -0.15) is 0 Å². The number of carbonyl (C=O) groups is 3. The van der Waals surface area contributed by atoms with Crippen molar-refractivity contribution < 1.29 is 14.4 Å². The van der Waals surface area contributed by atoms with Crippen molar-refractivity contribution in [3.8, 4) is 0 Å². The summed E-state index contributed by atoms with van der Waals surface area (Å²) in [5.74, 6) is -0.990. The first-order valence-corrected chi connectivity index (χ1v) is 11.7. The summed E-state index contributed by atoms with van der Waals surface area (Å²) >= 11 is 10.4. The number of para-hydroxylation sites is 1. The van der Waals surface area contributed by atoms with Crippen molar-refractivity contribution in [2.75, 3.05) is 29.9 Å². The molecule has 31 heavy (non-hydrogen) atoms. The Balaban J connectivity index is 1.72. The number of benzene rings is 2. The highest BCUT2D eigenvalue weighted by Crippen LogP contribution is 2.34. The van der Waals surface area contributed by atoms with Crippen molar-refractivity contribution in [3.05, 3.63) is 62.4 Å². The van der Waals surface area contributed by atoms with Crippen molar-refractivity contribution in [1.29, 1.82) is 0 Å². The number of nitrogens with one attached hydrogen (secondary N) is 1. The van der Waals surface area contributed by atoms with Crippen LogP contribution >= 0.6 is 39.3 Å². The quantitative estimate of drug-likeness (QED) is 0.478. The highest BCUT2D eigenvalue weighted by molar-refractivity contribution is 9.10. The summed E-state index contributed by atoms with van der Waals surface area (Å²) in [4.78, 5) is 40.8. The molecule has 0 unspecified atom stereocenters. The minimum absolute atomic E-state index is 0.276. The maximum absolute atomic E-state index is 12.7. The summed E-state index contributed by atoms with van der Waals surface area (Å²) in [6.07, 6.45) is 1.66. The lowest BCUT2D eigenvalue weighted by molar-refractivity contribution is -0.127. The zero-order valence-electron chi connectivity index (χ0n) is 17.0. The van der Waals surface area contributed by atoms with E-state index in [9.17, 15) is 14.4 Å². The van der Waals surface area contributed by atoms with Gasteiger partial charge in [0, 0.05) is 17.6 Å². The number of hydrogen-bond donors (Lipinski definition) is 1. The molecular formula is C22H21BrClN3O3S. The van der Waals surface area contributed by atoms with Gasteiger partial charge in [-0.15, -0.1) is 0 Å². The number of anilines is 2. The molecule has 2 aromatic rings. The van der Waals surface area contributed by atoms with Crippen LogP contribution in [0.4, 0.5) is 16.2 Å². The first kappa shape index (κ1) is 23.4. The van der Waals surface area contributed by atoms with E-state index in [4.69, 9.17) is 11.6 Å². The number of nitrogens with zero attached hydrogens (tertiary/aromatic N) is 2. The fourth-order valence-corrected chi connectivity index (χ4v) is 4.79. The second-order valence-electron chi connectivity index (χ2n) is 6.68. The summed E-state index contributed by atoms with van der Waals surface area (Å²) in [6.45, 7) is 5.55. The van der Waals surface area contributed by atoms with Crippen LogP contribution in [0.1, 0.15) is 19.4 Å². The van der Waals surface area contributed by atoms with Crippen LogP contribution in [-0.2, 0) is 9.59 Å². The molecule has 0 saturated carbocycles. The molecule has 1 heterocycles. The Hall–Kier alpha value is -2.29. The van der Waals surface area contributed by atoms with Crippen molar-refractivity contribution in [1.82, 2.24) is 4.90 Å². The third-order valence-corrected chi connectivity index (χ3v) is 6.57. The van der Waals surface area contributed by atoms with Crippen LogP contribution in [-0.4, -0.2) is 41.6 Å². The molecule has 1 aliphatic heterocycles. The van der Waals surface area contributed by atoms with Gasteiger partial charge in [-0.3, -0.25) is 19.3 Å². The fourth-order valence-electron chi connectivity index (χ4n) is 3.12. The molecule has 1 saturated heterocycles. The smallest absolute Gasteiger partial charge is 0.294 e. The van der Waals surface area contributed by atoms with Gasteiger partial charge >= 0.3 is 0 Å². The molecular weight excluding hydrogens is 502 g/mol. The van der Waals surface area contributed by atoms with Crippen molar-refractivity contribution in [3.63, 3.8) is 0 Å². The van der Waals surface area contributed by atoms with Gasteiger partial charge in [-0.25, -0.2) is 0 Å². The topological polar surface area (TPSA) is 69.7 Å². The monoisotopic (exact) mass is 521 g/mol. The highest BCUT2D eigenvalue weighted by Gasteiger charge is 2.36. The van der Waals surface area contributed by atoms with Crippen LogP contribution in [0.25, 0.3) is 6.08 Å². The van der Waals surface area contributed by atoms with Crippen LogP contribution in [0.5, 0.6) is 0 Å². The summed E-state index contributed by atoms with van der Waals surface area (Å²) in [5.41, 5.74) is 2.27. The Morgan fingerprint density at radius 3 is 2.55 bits per heavy atom. The standard InChI is InChI=1S/C22H21BrClN3O3S/c1-3-26(4-2)18-10-9-14(11-15(18)23)12-19-21(29)27(22(30)31-19)13-20(28)25-17-8-6-5-7-16(17)24/h5-12H,3-4,13H2,1-2H3,(H,25,28)/b19-12+. The Morgan fingerprint density at radius 1 is 1.19 bits per heavy atom. The zero-order valence-corrected chi connectivity index (χ0v) is 20.2. The predicted octanol–water partition coefficient (Wildman–Crippen LogP) is 5.62. The molecule has 1 aliphatic rings. The molecule has 0 bridgehead atoms. The van der Waals surface area contributed by atoms with E-state index in [0.717, 1.165) is 45.5 Å².